The quantitative estimate of drug-likeness (QED) is 0.733. The second-order valence-corrected chi connectivity index (χ2v) is 7.72. The molecule has 0 aliphatic rings. The SMILES string of the molecule is C[SiH](C)Nc1ccc(C(C)(C)C)cc1. The van der Waals surface area contributed by atoms with Crippen LogP contribution in [0.5, 0.6) is 0 Å². The molecule has 0 aliphatic heterocycles. The van der Waals surface area contributed by atoms with Gasteiger partial charge in [0.25, 0.3) is 0 Å². The van der Waals surface area contributed by atoms with Crippen molar-refractivity contribution in [2.45, 2.75) is 39.3 Å². The molecule has 1 aromatic carbocycles. The maximum atomic E-state index is 3.52. The molecule has 1 nitrogen and oxygen atoms in total. The first-order chi connectivity index (χ1) is 6.39. The minimum atomic E-state index is -0.705. The van der Waals surface area contributed by atoms with Crippen molar-refractivity contribution < 1.29 is 0 Å². The van der Waals surface area contributed by atoms with Gasteiger partial charge in [0.15, 0.2) is 0 Å². The van der Waals surface area contributed by atoms with Crippen LogP contribution in [-0.4, -0.2) is 8.96 Å². The fourth-order valence-electron chi connectivity index (χ4n) is 1.40. The Labute approximate surface area is 89.2 Å². The maximum Gasteiger partial charge on any atom is 0.130 e. The lowest BCUT2D eigenvalue weighted by Gasteiger charge is -2.19. The summed E-state index contributed by atoms with van der Waals surface area (Å²) in [5.74, 6) is 0. The summed E-state index contributed by atoms with van der Waals surface area (Å²) in [6.45, 7) is 11.3. The van der Waals surface area contributed by atoms with Gasteiger partial charge in [-0.3, -0.25) is 0 Å². The van der Waals surface area contributed by atoms with Crippen LogP contribution >= 0.6 is 0 Å². The number of anilines is 1. The van der Waals surface area contributed by atoms with E-state index >= 15 is 0 Å². The average Bonchev–Trinajstić information content (AvgIpc) is 2.02. The summed E-state index contributed by atoms with van der Waals surface area (Å²) in [6.07, 6.45) is 0. The molecule has 0 atom stereocenters. The minimum absolute atomic E-state index is 0.258. The van der Waals surface area contributed by atoms with Gasteiger partial charge >= 0.3 is 0 Å². The zero-order valence-electron chi connectivity index (χ0n) is 9.89. The van der Waals surface area contributed by atoms with Gasteiger partial charge < -0.3 is 4.98 Å². The summed E-state index contributed by atoms with van der Waals surface area (Å²) < 4.78 is 0. The van der Waals surface area contributed by atoms with Gasteiger partial charge in [0, 0.05) is 5.69 Å². The van der Waals surface area contributed by atoms with Gasteiger partial charge in [0.1, 0.15) is 8.96 Å². The summed E-state index contributed by atoms with van der Waals surface area (Å²) >= 11 is 0. The van der Waals surface area contributed by atoms with Crippen molar-refractivity contribution in [3.05, 3.63) is 29.8 Å². The third-order valence-corrected chi connectivity index (χ3v) is 3.12. The molecule has 78 valence electrons. The van der Waals surface area contributed by atoms with E-state index < -0.39 is 8.96 Å². The molecule has 0 heterocycles. The summed E-state index contributed by atoms with van der Waals surface area (Å²) in [5, 5.41) is 0. The molecule has 0 fully saturated rings. The highest BCUT2D eigenvalue weighted by molar-refractivity contribution is 6.59. The summed E-state index contributed by atoms with van der Waals surface area (Å²) in [5.41, 5.74) is 2.92. The van der Waals surface area contributed by atoms with E-state index in [1.54, 1.807) is 0 Å². The van der Waals surface area contributed by atoms with Crippen LogP contribution in [0.3, 0.4) is 0 Å². The fraction of sp³-hybridized carbons (Fsp3) is 0.500. The van der Waals surface area contributed by atoms with Gasteiger partial charge in [-0.25, -0.2) is 0 Å². The van der Waals surface area contributed by atoms with Crippen molar-refractivity contribution in [1.29, 1.82) is 0 Å². The molecule has 0 saturated carbocycles. The van der Waals surface area contributed by atoms with Crippen LogP contribution in [0.1, 0.15) is 26.3 Å². The molecule has 2 heteroatoms. The molecule has 0 amide bonds. The van der Waals surface area contributed by atoms with E-state index in [9.17, 15) is 0 Å². The summed E-state index contributed by atoms with van der Waals surface area (Å²) in [4.78, 5) is 3.52. The Bertz CT molecular complexity index is 282. The molecule has 0 radical (unpaired) electrons. The first kappa shape index (κ1) is 11.3. The fourth-order valence-corrected chi connectivity index (χ4v) is 2.26. The second kappa shape index (κ2) is 4.18. The van der Waals surface area contributed by atoms with Crippen LogP contribution in [0.25, 0.3) is 0 Å². The van der Waals surface area contributed by atoms with Crippen molar-refractivity contribution in [1.82, 2.24) is 0 Å². The van der Waals surface area contributed by atoms with Crippen LogP contribution in [0, 0.1) is 0 Å². The van der Waals surface area contributed by atoms with Gasteiger partial charge in [-0.1, -0.05) is 46.0 Å². The van der Waals surface area contributed by atoms with Gasteiger partial charge in [0.05, 0.1) is 0 Å². The summed E-state index contributed by atoms with van der Waals surface area (Å²) in [6, 6.07) is 8.82. The highest BCUT2D eigenvalue weighted by Crippen LogP contribution is 2.23. The van der Waals surface area contributed by atoms with E-state index in [0.717, 1.165) is 0 Å². The Morgan fingerprint density at radius 1 is 1.00 bits per heavy atom. The Kier molecular flexibility index (Phi) is 3.37. The number of rotatable bonds is 2. The molecular weight excluding hydrogens is 186 g/mol. The van der Waals surface area contributed by atoms with Crippen molar-refractivity contribution >= 4 is 14.6 Å². The van der Waals surface area contributed by atoms with Crippen molar-refractivity contribution in [2.24, 2.45) is 0 Å². The number of benzene rings is 1. The van der Waals surface area contributed by atoms with E-state index in [0.29, 0.717) is 0 Å². The van der Waals surface area contributed by atoms with Crippen LogP contribution < -0.4 is 4.98 Å². The number of nitrogens with one attached hydrogen (secondary N) is 1. The maximum absolute atomic E-state index is 3.52. The van der Waals surface area contributed by atoms with Crippen molar-refractivity contribution in [2.75, 3.05) is 4.98 Å². The standard InChI is InChI=1S/C12H21NSi/c1-12(2,3)10-6-8-11(9-7-10)13-14(4)5/h6-9,13-14H,1-5H3. The molecule has 1 N–H and O–H groups in total. The third-order valence-electron chi connectivity index (χ3n) is 2.21. The van der Waals surface area contributed by atoms with E-state index in [2.05, 4.69) is 63.1 Å². The molecule has 0 saturated heterocycles. The average molecular weight is 207 g/mol. The first-order valence-electron chi connectivity index (χ1n) is 5.26. The molecular formula is C12H21NSi. The van der Waals surface area contributed by atoms with Gasteiger partial charge in [0.2, 0.25) is 0 Å². The Morgan fingerprint density at radius 2 is 1.50 bits per heavy atom. The molecule has 0 unspecified atom stereocenters. The normalized spacial score (nSPS) is 11.9. The van der Waals surface area contributed by atoms with E-state index in [4.69, 9.17) is 0 Å². The predicted octanol–water partition coefficient (Wildman–Crippen LogP) is 3.38. The van der Waals surface area contributed by atoms with E-state index in [1.807, 2.05) is 0 Å². The third kappa shape index (κ3) is 3.18. The zero-order chi connectivity index (χ0) is 10.8. The molecule has 0 bridgehead atoms. The molecule has 0 aliphatic carbocycles. The molecule has 0 spiro atoms. The number of hydrogen-bond donors (Lipinski definition) is 1. The highest BCUT2D eigenvalue weighted by Gasteiger charge is 2.12. The predicted molar refractivity (Wildman–Crippen MR) is 67.6 cm³/mol. The van der Waals surface area contributed by atoms with E-state index in [1.165, 1.54) is 11.3 Å². The zero-order valence-corrected chi connectivity index (χ0v) is 11.0. The summed E-state index contributed by atoms with van der Waals surface area (Å²) in [7, 11) is -0.705. The van der Waals surface area contributed by atoms with Gasteiger partial charge in [-0.05, 0) is 23.1 Å². The van der Waals surface area contributed by atoms with Gasteiger partial charge in [-0.2, -0.15) is 0 Å². The Balaban J connectivity index is 2.79. The first-order valence-corrected chi connectivity index (χ1v) is 8.15. The van der Waals surface area contributed by atoms with E-state index in [-0.39, 0.29) is 5.41 Å². The van der Waals surface area contributed by atoms with Crippen LogP contribution in [0.15, 0.2) is 24.3 Å². The Morgan fingerprint density at radius 3 is 1.86 bits per heavy atom. The molecule has 14 heavy (non-hydrogen) atoms. The lowest BCUT2D eigenvalue weighted by molar-refractivity contribution is 0.590. The monoisotopic (exact) mass is 207 g/mol. The van der Waals surface area contributed by atoms with Crippen LogP contribution in [0.2, 0.25) is 13.1 Å². The highest BCUT2D eigenvalue weighted by atomic mass is 28.3. The second-order valence-electron chi connectivity index (χ2n) is 5.13. The molecule has 1 aromatic rings. The minimum Gasteiger partial charge on any atom is -0.413 e. The molecule has 0 aromatic heterocycles. The largest absolute Gasteiger partial charge is 0.413 e. The van der Waals surface area contributed by atoms with Crippen LogP contribution in [0.4, 0.5) is 5.69 Å². The van der Waals surface area contributed by atoms with Crippen LogP contribution in [-0.2, 0) is 5.41 Å². The van der Waals surface area contributed by atoms with Crippen molar-refractivity contribution in [3.63, 3.8) is 0 Å². The molecule has 1 rings (SSSR count). The van der Waals surface area contributed by atoms with Crippen molar-refractivity contribution in [3.8, 4) is 0 Å². The topological polar surface area (TPSA) is 12.0 Å². The lowest BCUT2D eigenvalue weighted by Crippen LogP contribution is -2.15. The lowest BCUT2D eigenvalue weighted by atomic mass is 9.87. The van der Waals surface area contributed by atoms with Gasteiger partial charge in [-0.15, -0.1) is 0 Å². The number of hydrogen-bond acceptors (Lipinski definition) is 1. The Hall–Kier alpha value is -0.763. The smallest absolute Gasteiger partial charge is 0.130 e.